The number of anilines is 2. The minimum absolute atomic E-state index is 0.0456. The van der Waals surface area contributed by atoms with E-state index in [-0.39, 0.29) is 11.6 Å². The van der Waals surface area contributed by atoms with Crippen molar-refractivity contribution in [2.45, 2.75) is 6.42 Å². The number of benzene rings is 1. The molecular formula is C13H18N4O4. The Hall–Kier alpha value is -2.35. The number of ether oxygens (including phenoxy) is 1. The van der Waals surface area contributed by atoms with E-state index in [1.54, 1.807) is 11.0 Å². The van der Waals surface area contributed by atoms with Gasteiger partial charge in [-0.15, -0.1) is 0 Å². The van der Waals surface area contributed by atoms with Gasteiger partial charge in [0, 0.05) is 49.6 Å². The van der Waals surface area contributed by atoms with Crippen molar-refractivity contribution in [1.29, 1.82) is 0 Å². The molecule has 3 N–H and O–H groups in total. The highest BCUT2D eigenvalue weighted by Crippen LogP contribution is 2.22. The Bertz CT molecular complexity index is 529. The van der Waals surface area contributed by atoms with Crippen molar-refractivity contribution in [3.8, 4) is 0 Å². The Morgan fingerprint density at radius 2 is 2.10 bits per heavy atom. The second kappa shape index (κ2) is 6.89. The summed E-state index contributed by atoms with van der Waals surface area (Å²) in [4.78, 5) is 23.9. The highest BCUT2D eigenvalue weighted by Gasteiger charge is 2.16. The van der Waals surface area contributed by atoms with E-state index in [0.717, 1.165) is 0 Å². The van der Waals surface area contributed by atoms with Crippen molar-refractivity contribution >= 4 is 23.0 Å². The summed E-state index contributed by atoms with van der Waals surface area (Å²) in [7, 11) is 0. The van der Waals surface area contributed by atoms with Crippen LogP contribution in [0.2, 0.25) is 0 Å². The number of nitro groups is 1. The predicted molar refractivity (Wildman–Crippen MR) is 78.0 cm³/mol. The minimum atomic E-state index is -0.500. The van der Waals surface area contributed by atoms with Crippen LogP contribution in [0.5, 0.6) is 0 Å². The van der Waals surface area contributed by atoms with Crippen LogP contribution >= 0.6 is 0 Å². The molecule has 0 saturated carbocycles. The van der Waals surface area contributed by atoms with Crippen LogP contribution in [0, 0.1) is 10.1 Å². The minimum Gasteiger partial charge on any atom is -0.398 e. The summed E-state index contributed by atoms with van der Waals surface area (Å²) in [5.74, 6) is 0.0456. The molecule has 0 aliphatic carbocycles. The number of rotatable bonds is 5. The van der Waals surface area contributed by atoms with Gasteiger partial charge in [-0.3, -0.25) is 14.9 Å². The number of nitrogens with one attached hydrogen (secondary N) is 1. The third kappa shape index (κ3) is 4.32. The number of hydrogen-bond acceptors (Lipinski definition) is 6. The van der Waals surface area contributed by atoms with Gasteiger partial charge in [0.25, 0.3) is 5.69 Å². The van der Waals surface area contributed by atoms with Crippen LogP contribution in [0.4, 0.5) is 17.1 Å². The van der Waals surface area contributed by atoms with Crippen molar-refractivity contribution in [2.24, 2.45) is 0 Å². The van der Waals surface area contributed by atoms with Crippen LogP contribution in [-0.2, 0) is 9.53 Å². The Kier molecular flexibility index (Phi) is 4.94. The van der Waals surface area contributed by atoms with Gasteiger partial charge in [0.05, 0.1) is 18.1 Å². The molecule has 1 fully saturated rings. The van der Waals surface area contributed by atoms with Crippen LogP contribution < -0.4 is 11.1 Å². The SMILES string of the molecule is Nc1cc(NCCC(=O)N2CCOCC2)cc([N+](=O)[O-])c1. The fourth-order valence-corrected chi connectivity index (χ4v) is 2.13. The predicted octanol–water partition coefficient (Wildman–Crippen LogP) is 0.838. The summed E-state index contributed by atoms with van der Waals surface area (Å²) < 4.78 is 5.19. The van der Waals surface area contributed by atoms with E-state index in [1.165, 1.54) is 12.1 Å². The van der Waals surface area contributed by atoms with Crippen molar-refractivity contribution in [3.63, 3.8) is 0 Å². The van der Waals surface area contributed by atoms with Crippen LogP contribution in [0.25, 0.3) is 0 Å². The lowest BCUT2D eigenvalue weighted by atomic mass is 10.2. The standard InChI is InChI=1S/C13H18N4O4/c14-10-7-11(9-12(8-10)17(19)20)15-2-1-13(18)16-3-5-21-6-4-16/h7-9,15H,1-6,14H2. The molecule has 8 heteroatoms. The molecule has 1 aliphatic heterocycles. The molecule has 1 aromatic rings. The molecule has 1 heterocycles. The highest BCUT2D eigenvalue weighted by atomic mass is 16.6. The third-order valence-electron chi connectivity index (χ3n) is 3.18. The van der Waals surface area contributed by atoms with Crippen LogP contribution in [0.1, 0.15) is 6.42 Å². The topological polar surface area (TPSA) is 111 Å². The fraction of sp³-hybridized carbons (Fsp3) is 0.462. The lowest BCUT2D eigenvalue weighted by molar-refractivity contribution is -0.384. The first-order valence-electron chi connectivity index (χ1n) is 6.70. The molecule has 114 valence electrons. The number of nitrogens with two attached hydrogens (primary N) is 1. The molecule has 0 atom stereocenters. The number of nitrogen functional groups attached to an aromatic ring is 1. The summed E-state index contributed by atoms with van der Waals surface area (Å²) in [5.41, 5.74) is 6.39. The Balaban J connectivity index is 1.85. The van der Waals surface area contributed by atoms with Gasteiger partial charge in [0.1, 0.15) is 0 Å². The first-order valence-corrected chi connectivity index (χ1v) is 6.70. The number of morpholine rings is 1. The van der Waals surface area contributed by atoms with Crippen LogP contribution in [-0.4, -0.2) is 48.6 Å². The molecule has 0 aromatic heterocycles. The van der Waals surface area contributed by atoms with Gasteiger partial charge in [-0.1, -0.05) is 0 Å². The lowest BCUT2D eigenvalue weighted by Crippen LogP contribution is -2.41. The molecule has 1 aromatic carbocycles. The summed E-state index contributed by atoms with van der Waals surface area (Å²) in [6.45, 7) is 2.77. The van der Waals surface area contributed by atoms with Crippen molar-refractivity contribution in [1.82, 2.24) is 4.90 Å². The van der Waals surface area contributed by atoms with Crippen molar-refractivity contribution in [3.05, 3.63) is 28.3 Å². The van der Waals surface area contributed by atoms with E-state index >= 15 is 0 Å². The average molecular weight is 294 g/mol. The average Bonchev–Trinajstić information content (AvgIpc) is 2.47. The third-order valence-corrected chi connectivity index (χ3v) is 3.18. The first-order chi connectivity index (χ1) is 10.1. The van der Waals surface area contributed by atoms with Gasteiger partial charge >= 0.3 is 0 Å². The maximum atomic E-state index is 11.9. The number of nitro benzene ring substituents is 1. The molecule has 0 spiro atoms. The van der Waals surface area contributed by atoms with Gasteiger partial charge in [-0.05, 0) is 6.07 Å². The quantitative estimate of drug-likeness (QED) is 0.473. The number of carbonyl (C=O) groups is 1. The molecule has 1 amide bonds. The van der Waals surface area contributed by atoms with E-state index in [0.29, 0.717) is 50.6 Å². The van der Waals surface area contributed by atoms with Gasteiger partial charge in [0.15, 0.2) is 0 Å². The fourth-order valence-electron chi connectivity index (χ4n) is 2.13. The van der Waals surface area contributed by atoms with E-state index in [2.05, 4.69) is 5.32 Å². The van der Waals surface area contributed by atoms with E-state index in [1.807, 2.05) is 0 Å². The number of hydrogen-bond donors (Lipinski definition) is 2. The summed E-state index contributed by atoms with van der Waals surface area (Å²) in [5, 5.41) is 13.7. The maximum absolute atomic E-state index is 11.9. The van der Waals surface area contributed by atoms with Gasteiger partial charge in [-0.2, -0.15) is 0 Å². The number of amides is 1. The first kappa shape index (κ1) is 15.0. The zero-order chi connectivity index (χ0) is 15.2. The van der Waals surface area contributed by atoms with Crippen LogP contribution in [0.15, 0.2) is 18.2 Å². The summed E-state index contributed by atoms with van der Waals surface area (Å²) >= 11 is 0. The molecule has 1 aliphatic rings. The molecule has 2 rings (SSSR count). The molecule has 0 bridgehead atoms. The summed E-state index contributed by atoms with van der Waals surface area (Å²) in [6, 6.07) is 4.30. The lowest BCUT2D eigenvalue weighted by Gasteiger charge is -2.26. The second-order valence-electron chi connectivity index (χ2n) is 4.74. The molecular weight excluding hydrogens is 276 g/mol. The van der Waals surface area contributed by atoms with Crippen molar-refractivity contribution < 1.29 is 14.5 Å². The highest BCUT2D eigenvalue weighted by molar-refractivity contribution is 5.77. The number of non-ortho nitro benzene ring substituents is 1. The van der Waals surface area contributed by atoms with E-state index in [9.17, 15) is 14.9 Å². The molecule has 0 radical (unpaired) electrons. The smallest absolute Gasteiger partial charge is 0.273 e. The normalized spacial score (nSPS) is 14.8. The largest absolute Gasteiger partial charge is 0.398 e. The number of carbonyl (C=O) groups excluding carboxylic acids is 1. The van der Waals surface area contributed by atoms with Gasteiger partial charge in [-0.25, -0.2) is 0 Å². The van der Waals surface area contributed by atoms with E-state index in [4.69, 9.17) is 10.5 Å². The molecule has 8 nitrogen and oxygen atoms in total. The van der Waals surface area contributed by atoms with Gasteiger partial charge < -0.3 is 20.7 Å². The maximum Gasteiger partial charge on any atom is 0.273 e. The summed E-state index contributed by atoms with van der Waals surface area (Å²) in [6.07, 6.45) is 0.322. The Labute approximate surface area is 122 Å². The van der Waals surface area contributed by atoms with Gasteiger partial charge in [0.2, 0.25) is 5.91 Å². The van der Waals surface area contributed by atoms with E-state index < -0.39 is 4.92 Å². The van der Waals surface area contributed by atoms with Crippen molar-refractivity contribution in [2.75, 3.05) is 43.9 Å². The Morgan fingerprint density at radius 1 is 1.38 bits per heavy atom. The monoisotopic (exact) mass is 294 g/mol. The number of nitrogens with zero attached hydrogens (tertiary/aromatic N) is 2. The zero-order valence-electron chi connectivity index (χ0n) is 11.6. The molecule has 21 heavy (non-hydrogen) atoms. The zero-order valence-corrected chi connectivity index (χ0v) is 11.6. The second-order valence-corrected chi connectivity index (χ2v) is 4.74. The van der Waals surface area contributed by atoms with Crippen LogP contribution in [0.3, 0.4) is 0 Å². The Morgan fingerprint density at radius 3 is 2.76 bits per heavy atom. The molecule has 1 saturated heterocycles. The molecule has 0 unspecified atom stereocenters.